The average Bonchev–Trinajstić information content (AvgIpc) is 2.20. The molecular formula is C8H15NO4. The molecule has 0 radical (unpaired) electrons. The van der Waals surface area contributed by atoms with E-state index in [2.05, 4.69) is 0 Å². The number of rotatable bonds is 0. The molecule has 2 rings (SSSR count). The minimum Gasteiger partial charge on any atom is -0.360 e. The molecule has 1 unspecified atom stereocenters. The summed E-state index contributed by atoms with van der Waals surface area (Å²) in [5.41, 5.74) is 0. The molecule has 2 fully saturated rings. The molecule has 76 valence electrons. The van der Waals surface area contributed by atoms with E-state index in [1.807, 2.05) is 0 Å². The molecule has 0 saturated carbocycles. The highest BCUT2D eigenvalue weighted by atomic mass is 16.6. The second-order valence-electron chi connectivity index (χ2n) is 4.02. The van der Waals surface area contributed by atoms with Gasteiger partial charge in [0.1, 0.15) is 0 Å². The van der Waals surface area contributed by atoms with Gasteiger partial charge in [0, 0.05) is 0 Å². The zero-order valence-corrected chi connectivity index (χ0v) is 7.35. The number of aliphatic hydroxyl groups is 4. The molecule has 2 heterocycles. The van der Waals surface area contributed by atoms with Crippen LogP contribution in [0, 0.1) is 0 Å². The lowest BCUT2D eigenvalue weighted by Gasteiger charge is -2.34. The van der Waals surface area contributed by atoms with Gasteiger partial charge in [-0.25, -0.2) is 0 Å². The summed E-state index contributed by atoms with van der Waals surface area (Å²) in [6.45, 7) is 0.626. The first kappa shape index (κ1) is 9.36. The molecule has 0 aromatic heterocycles. The van der Waals surface area contributed by atoms with E-state index in [9.17, 15) is 20.4 Å². The maximum Gasteiger partial charge on any atom is 0.235 e. The molecule has 0 aromatic carbocycles. The van der Waals surface area contributed by atoms with Crippen molar-refractivity contribution in [3.8, 4) is 0 Å². The first-order valence-electron chi connectivity index (χ1n) is 4.59. The van der Waals surface area contributed by atoms with Crippen LogP contribution < -0.4 is 0 Å². The van der Waals surface area contributed by atoms with Crippen LogP contribution in [0.3, 0.4) is 0 Å². The van der Waals surface area contributed by atoms with Crippen LogP contribution in [-0.4, -0.2) is 56.0 Å². The van der Waals surface area contributed by atoms with Gasteiger partial charge in [-0.3, -0.25) is 4.90 Å². The third kappa shape index (κ3) is 1.19. The van der Waals surface area contributed by atoms with E-state index in [0.717, 1.165) is 12.8 Å². The third-order valence-corrected chi connectivity index (χ3v) is 3.09. The maximum atomic E-state index is 9.53. The molecule has 0 amide bonds. The predicted molar refractivity (Wildman–Crippen MR) is 43.5 cm³/mol. The van der Waals surface area contributed by atoms with Crippen molar-refractivity contribution in [3.63, 3.8) is 0 Å². The zero-order valence-electron chi connectivity index (χ0n) is 7.35. The fraction of sp³-hybridized carbons (Fsp3) is 1.00. The van der Waals surface area contributed by atoms with Gasteiger partial charge < -0.3 is 20.4 Å². The van der Waals surface area contributed by atoms with E-state index < -0.39 is 17.6 Å². The molecule has 0 spiro atoms. The highest BCUT2D eigenvalue weighted by molar-refractivity contribution is 5.04. The van der Waals surface area contributed by atoms with E-state index in [1.54, 1.807) is 4.90 Å². The van der Waals surface area contributed by atoms with Crippen molar-refractivity contribution in [2.45, 2.75) is 36.9 Å². The van der Waals surface area contributed by atoms with Gasteiger partial charge in [-0.2, -0.15) is 0 Å². The maximum absolute atomic E-state index is 9.53. The van der Waals surface area contributed by atoms with Gasteiger partial charge in [0.05, 0.1) is 12.6 Å². The highest BCUT2D eigenvalue weighted by Gasteiger charge is 2.61. The highest BCUT2D eigenvalue weighted by Crippen LogP contribution is 2.38. The fourth-order valence-electron chi connectivity index (χ4n) is 2.30. The number of fused-ring (bicyclic) bond motifs is 1. The van der Waals surface area contributed by atoms with E-state index in [4.69, 9.17) is 0 Å². The van der Waals surface area contributed by atoms with Crippen LogP contribution in [0.2, 0.25) is 0 Å². The van der Waals surface area contributed by atoms with Gasteiger partial charge in [-0.1, -0.05) is 6.42 Å². The largest absolute Gasteiger partial charge is 0.360 e. The van der Waals surface area contributed by atoms with E-state index in [0.29, 0.717) is 13.0 Å². The summed E-state index contributed by atoms with van der Waals surface area (Å²) in [5, 5.41) is 37.8. The lowest BCUT2D eigenvalue weighted by atomic mass is 9.96. The lowest BCUT2D eigenvalue weighted by Crippen LogP contribution is -2.57. The molecule has 5 heteroatoms. The molecule has 4 N–H and O–H groups in total. The van der Waals surface area contributed by atoms with Crippen molar-refractivity contribution in [1.29, 1.82) is 0 Å². The first-order chi connectivity index (χ1) is 5.95. The molecule has 2 saturated heterocycles. The molecule has 2 aliphatic heterocycles. The van der Waals surface area contributed by atoms with Crippen LogP contribution in [0.1, 0.15) is 19.3 Å². The summed E-state index contributed by atoms with van der Waals surface area (Å²) in [7, 11) is 0. The second-order valence-corrected chi connectivity index (χ2v) is 4.02. The van der Waals surface area contributed by atoms with Gasteiger partial charge in [0.15, 0.2) is 0 Å². The molecule has 2 aliphatic rings. The Morgan fingerprint density at radius 1 is 1.08 bits per heavy atom. The zero-order chi connectivity index (χ0) is 9.69. The third-order valence-electron chi connectivity index (χ3n) is 3.09. The van der Waals surface area contributed by atoms with Crippen molar-refractivity contribution < 1.29 is 20.4 Å². The Bertz CT molecular complexity index is 216. The summed E-state index contributed by atoms with van der Waals surface area (Å²) >= 11 is 0. The van der Waals surface area contributed by atoms with Gasteiger partial charge in [0.2, 0.25) is 11.6 Å². The second kappa shape index (κ2) is 2.65. The van der Waals surface area contributed by atoms with E-state index in [-0.39, 0.29) is 6.54 Å². The SMILES string of the molecule is OC1(O)CN2CCCCC2C1(O)O. The Morgan fingerprint density at radius 3 is 2.38 bits per heavy atom. The number of nitrogens with zero attached hydrogens (tertiary/aromatic N) is 1. The van der Waals surface area contributed by atoms with Crippen molar-refractivity contribution in [2.24, 2.45) is 0 Å². The molecule has 5 nitrogen and oxygen atoms in total. The Kier molecular flexibility index (Phi) is 1.91. The van der Waals surface area contributed by atoms with E-state index >= 15 is 0 Å². The van der Waals surface area contributed by atoms with Crippen molar-refractivity contribution in [1.82, 2.24) is 4.90 Å². The summed E-state index contributed by atoms with van der Waals surface area (Å²) < 4.78 is 0. The molecular weight excluding hydrogens is 174 g/mol. The van der Waals surface area contributed by atoms with Crippen LogP contribution in [0.5, 0.6) is 0 Å². The van der Waals surface area contributed by atoms with Gasteiger partial charge in [-0.05, 0) is 19.4 Å². The number of hydrogen-bond donors (Lipinski definition) is 4. The summed E-state index contributed by atoms with van der Waals surface area (Å²) in [5.74, 6) is -4.77. The van der Waals surface area contributed by atoms with Gasteiger partial charge in [0.25, 0.3) is 0 Å². The summed E-state index contributed by atoms with van der Waals surface area (Å²) in [4.78, 5) is 1.73. The number of piperidine rings is 1. The predicted octanol–water partition coefficient (Wildman–Crippen LogP) is -1.78. The summed E-state index contributed by atoms with van der Waals surface area (Å²) in [6, 6.07) is -0.531. The monoisotopic (exact) mass is 189 g/mol. The van der Waals surface area contributed by atoms with Gasteiger partial charge in [-0.15, -0.1) is 0 Å². The summed E-state index contributed by atoms with van der Waals surface area (Å²) in [6.07, 6.45) is 2.48. The minimum atomic E-state index is -2.39. The molecule has 1 atom stereocenters. The topological polar surface area (TPSA) is 84.2 Å². The van der Waals surface area contributed by atoms with Crippen LogP contribution in [0.15, 0.2) is 0 Å². The molecule has 0 bridgehead atoms. The molecule has 13 heavy (non-hydrogen) atoms. The average molecular weight is 189 g/mol. The standard InChI is InChI=1S/C8H15NO4/c10-7(11)5-9-4-2-1-3-6(9)8(7,12)13/h6,10-13H,1-5H2. The lowest BCUT2D eigenvalue weighted by molar-refractivity contribution is -0.339. The van der Waals surface area contributed by atoms with E-state index in [1.165, 1.54) is 0 Å². The quantitative estimate of drug-likeness (QED) is 0.338. The van der Waals surface area contributed by atoms with Crippen molar-refractivity contribution in [2.75, 3.05) is 13.1 Å². The van der Waals surface area contributed by atoms with Crippen molar-refractivity contribution in [3.05, 3.63) is 0 Å². The normalized spacial score (nSPS) is 37.4. The Labute approximate surface area is 76.2 Å². The Balaban J connectivity index is 2.25. The van der Waals surface area contributed by atoms with Crippen molar-refractivity contribution >= 4 is 0 Å². The smallest absolute Gasteiger partial charge is 0.235 e. The van der Waals surface area contributed by atoms with Crippen LogP contribution in [-0.2, 0) is 0 Å². The Morgan fingerprint density at radius 2 is 1.77 bits per heavy atom. The van der Waals surface area contributed by atoms with Gasteiger partial charge >= 0.3 is 0 Å². The molecule has 0 aromatic rings. The van der Waals surface area contributed by atoms with Crippen LogP contribution in [0.25, 0.3) is 0 Å². The van der Waals surface area contributed by atoms with Crippen LogP contribution >= 0.6 is 0 Å². The molecule has 0 aliphatic carbocycles. The Hall–Kier alpha value is -0.200. The van der Waals surface area contributed by atoms with Crippen LogP contribution in [0.4, 0.5) is 0 Å². The first-order valence-corrected chi connectivity index (χ1v) is 4.59. The fourth-order valence-corrected chi connectivity index (χ4v) is 2.30. The minimum absolute atomic E-state index is 0.0787. The number of hydrogen-bond acceptors (Lipinski definition) is 5.